The van der Waals surface area contributed by atoms with Gasteiger partial charge in [0.25, 0.3) is 0 Å². The summed E-state index contributed by atoms with van der Waals surface area (Å²) in [5.41, 5.74) is 12.0. The molecule has 2 nitrogen and oxygen atoms in total. The Labute approximate surface area is 122 Å². The molecule has 1 aromatic rings. The number of halogens is 1. The van der Waals surface area contributed by atoms with E-state index in [-0.39, 0.29) is 11.2 Å². The number of hydrogen-bond donors (Lipinski definition) is 1. The number of carbonyl (C=O) groups excluding carboxylic acids is 1. The Morgan fingerprint density at radius 2 is 2.16 bits per heavy atom. The molecule has 1 unspecified atom stereocenters. The predicted molar refractivity (Wildman–Crippen MR) is 82.1 cm³/mol. The normalized spacial score (nSPS) is 25.5. The molecule has 3 rings (SSSR count). The number of anilines is 1. The van der Waals surface area contributed by atoms with E-state index in [9.17, 15) is 4.79 Å². The summed E-state index contributed by atoms with van der Waals surface area (Å²) in [4.78, 5) is 12.0. The second-order valence-corrected chi connectivity index (χ2v) is 6.52. The van der Waals surface area contributed by atoms with Crippen LogP contribution in [0, 0.1) is 12.3 Å². The molecule has 0 heterocycles. The number of allylic oxidation sites excluding steroid dienone is 2. The minimum atomic E-state index is 0.133. The lowest BCUT2D eigenvalue weighted by atomic mass is 9.71. The highest BCUT2D eigenvalue weighted by atomic mass is 79.9. The zero-order valence-electron chi connectivity index (χ0n) is 11.3. The summed E-state index contributed by atoms with van der Waals surface area (Å²) in [5, 5.41) is 0. The van der Waals surface area contributed by atoms with E-state index >= 15 is 0 Å². The van der Waals surface area contributed by atoms with Gasteiger partial charge in [0.05, 0.1) is 4.48 Å². The third-order valence-electron chi connectivity index (χ3n) is 4.93. The van der Waals surface area contributed by atoms with Crippen LogP contribution >= 0.6 is 15.9 Å². The van der Waals surface area contributed by atoms with Crippen LogP contribution in [-0.2, 0) is 11.2 Å². The van der Waals surface area contributed by atoms with Crippen LogP contribution in [0.1, 0.15) is 42.9 Å². The monoisotopic (exact) mass is 319 g/mol. The Morgan fingerprint density at radius 3 is 2.84 bits per heavy atom. The zero-order chi connectivity index (χ0) is 13.8. The van der Waals surface area contributed by atoms with Gasteiger partial charge < -0.3 is 5.73 Å². The quantitative estimate of drug-likeness (QED) is 0.795. The molecule has 19 heavy (non-hydrogen) atoms. The Balaban J connectivity index is 2.31. The Kier molecular flexibility index (Phi) is 2.86. The van der Waals surface area contributed by atoms with Crippen LogP contribution in [-0.4, -0.2) is 5.78 Å². The average molecular weight is 320 g/mol. The van der Waals surface area contributed by atoms with Crippen molar-refractivity contribution in [1.82, 2.24) is 0 Å². The first-order chi connectivity index (χ1) is 9.00. The summed E-state index contributed by atoms with van der Waals surface area (Å²) in [6, 6.07) is 4.05. The van der Waals surface area contributed by atoms with Gasteiger partial charge in [-0.15, -0.1) is 0 Å². The van der Waals surface area contributed by atoms with E-state index in [1.54, 1.807) is 0 Å². The van der Waals surface area contributed by atoms with Crippen molar-refractivity contribution in [3.05, 3.63) is 33.3 Å². The minimum absolute atomic E-state index is 0.133. The first-order valence-electron chi connectivity index (χ1n) is 6.82. The topological polar surface area (TPSA) is 43.1 Å². The van der Waals surface area contributed by atoms with E-state index in [2.05, 4.69) is 35.8 Å². The molecule has 3 heteroatoms. The lowest BCUT2D eigenvalue weighted by molar-refractivity contribution is -0.115. The van der Waals surface area contributed by atoms with Crippen LogP contribution in [0.15, 0.2) is 16.6 Å². The number of Topliss-reactive ketones (excluding diaryl/α,β-unsaturated/α-hetero) is 1. The first kappa shape index (κ1) is 12.9. The fraction of sp³-hybridized carbons (Fsp3) is 0.438. The molecule has 2 aliphatic rings. The van der Waals surface area contributed by atoms with E-state index in [4.69, 9.17) is 5.73 Å². The molecule has 1 aromatic carbocycles. The van der Waals surface area contributed by atoms with Crippen LogP contribution in [0.3, 0.4) is 0 Å². The molecule has 0 aliphatic heterocycles. The van der Waals surface area contributed by atoms with Gasteiger partial charge in [-0.2, -0.15) is 0 Å². The zero-order valence-corrected chi connectivity index (χ0v) is 12.9. The Bertz CT molecular complexity index is 617. The highest BCUT2D eigenvalue weighted by molar-refractivity contribution is 9.12. The molecule has 0 saturated heterocycles. The second-order valence-electron chi connectivity index (χ2n) is 5.73. The van der Waals surface area contributed by atoms with Crippen molar-refractivity contribution in [2.45, 2.75) is 39.5 Å². The summed E-state index contributed by atoms with van der Waals surface area (Å²) in [5.74, 6) is 0.237. The van der Waals surface area contributed by atoms with Crippen molar-refractivity contribution in [2.24, 2.45) is 5.41 Å². The number of ketones is 1. The van der Waals surface area contributed by atoms with E-state index in [0.717, 1.165) is 29.4 Å². The highest BCUT2D eigenvalue weighted by Crippen LogP contribution is 2.57. The van der Waals surface area contributed by atoms with Gasteiger partial charge >= 0.3 is 0 Å². The molecule has 0 aromatic heterocycles. The van der Waals surface area contributed by atoms with Crippen molar-refractivity contribution in [1.29, 1.82) is 0 Å². The molecular formula is C16H18BrNO. The highest BCUT2D eigenvalue weighted by Gasteiger charge is 2.46. The molecule has 0 amide bonds. The van der Waals surface area contributed by atoms with Gasteiger partial charge in [-0.05, 0) is 70.4 Å². The molecule has 100 valence electrons. The number of fused-ring (bicyclic) bond motifs is 3. The Morgan fingerprint density at radius 1 is 1.42 bits per heavy atom. The van der Waals surface area contributed by atoms with Gasteiger partial charge in [0.1, 0.15) is 0 Å². The average Bonchev–Trinajstić information content (AvgIpc) is 2.75. The number of benzene rings is 1. The maximum Gasteiger partial charge on any atom is 0.170 e. The second kappa shape index (κ2) is 4.20. The first-order valence-corrected chi connectivity index (χ1v) is 7.61. The molecule has 0 spiro atoms. The molecule has 0 saturated carbocycles. The fourth-order valence-electron chi connectivity index (χ4n) is 3.59. The maximum absolute atomic E-state index is 12.0. The summed E-state index contributed by atoms with van der Waals surface area (Å²) >= 11 is 3.55. The van der Waals surface area contributed by atoms with Crippen molar-refractivity contribution < 1.29 is 4.79 Å². The van der Waals surface area contributed by atoms with Crippen molar-refractivity contribution in [3.8, 4) is 0 Å². The molecule has 2 N–H and O–H groups in total. The Hall–Kier alpha value is -1.09. The van der Waals surface area contributed by atoms with E-state index in [1.807, 2.05) is 6.07 Å². The van der Waals surface area contributed by atoms with Gasteiger partial charge in [-0.3, -0.25) is 4.79 Å². The third kappa shape index (κ3) is 1.64. The summed E-state index contributed by atoms with van der Waals surface area (Å²) in [6.07, 6.45) is 3.70. The smallest absolute Gasteiger partial charge is 0.170 e. The number of rotatable bonds is 1. The van der Waals surface area contributed by atoms with Crippen LogP contribution in [0.2, 0.25) is 0 Å². The fourth-order valence-corrected chi connectivity index (χ4v) is 4.43. The molecule has 2 aliphatic carbocycles. The van der Waals surface area contributed by atoms with E-state index in [0.29, 0.717) is 6.42 Å². The van der Waals surface area contributed by atoms with Crippen LogP contribution in [0.4, 0.5) is 5.69 Å². The van der Waals surface area contributed by atoms with Gasteiger partial charge in [0.2, 0.25) is 0 Å². The molecule has 0 fully saturated rings. The standard InChI is InChI=1S/C16H18BrNO/c1-3-16-7-6-13(19)15(17)14(16)10-4-5-12(18)9(2)11(10)8-16/h4-5H,3,6-8,18H2,1-2H3. The van der Waals surface area contributed by atoms with E-state index in [1.165, 1.54) is 22.3 Å². The lowest BCUT2D eigenvalue weighted by Gasteiger charge is -2.34. The largest absolute Gasteiger partial charge is 0.399 e. The molecule has 1 atom stereocenters. The van der Waals surface area contributed by atoms with Crippen molar-refractivity contribution >= 4 is 33.0 Å². The predicted octanol–water partition coefficient (Wildman–Crippen LogP) is 4.00. The number of carbonyl (C=O) groups is 1. The lowest BCUT2D eigenvalue weighted by Crippen LogP contribution is -2.26. The number of nitrogen functional groups attached to an aromatic ring is 1. The van der Waals surface area contributed by atoms with Crippen LogP contribution < -0.4 is 5.73 Å². The third-order valence-corrected chi connectivity index (χ3v) is 5.77. The van der Waals surface area contributed by atoms with Crippen molar-refractivity contribution in [2.75, 3.05) is 5.73 Å². The van der Waals surface area contributed by atoms with Gasteiger partial charge in [-0.1, -0.05) is 13.0 Å². The van der Waals surface area contributed by atoms with Gasteiger partial charge in [0, 0.05) is 17.5 Å². The van der Waals surface area contributed by atoms with Crippen molar-refractivity contribution in [3.63, 3.8) is 0 Å². The number of hydrogen-bond acceptors (Lipinski definition) is 2. The minimum Gasteiger partial charge on any atom is -0.399 e. The van der Waals surface area contributed by atoms with Crippen LogP contribution in [0.5, 0.6) is 0 Å². The SMILES string of the molecule is CCC12CCC(=O)C(Br)=C1c1ccc(N)c(C)c1C2. The summed E-state index contributed by atoms with van der Waals surface area (Å²) in [7, 11) is 0. The molecule has 0 radical (unpaired) electrons. The summed E-state index contributed by atoms with van der Waals surface area (Å²) < 4.78 is 0.795. The molecular weight excluding hydrogens is 302 g/mol. The maximum atomic E-state index is 12.0. The number of nitrogens with two attached hydrogens (primary N) is 1. The van der Waals surface area contributed by atoms with Crippen LogP contribution in [0.25, 0.3) is 5.57 Å². The van der Waals surface area contributed by atoms with Gasteiger partial charge in [0.15, 0.2) is 5.78 Å². The summed E-state index contributed by atoms with van der Waals surface area (Å²) in [6.45, 7) is 4.31. The van der Waals surface area contributed by atoms with Gasteiger partial charge in [-0.25, -0.2) is 0 Å². The molecule has 0 bridgehead atoms. The van der Waals surface area contributed by atoms with E-state index < -0.39 is 0 Å².